The molecule has 13 heteroatoms. The zero-order chi connectivity index (χ0) is 30.2. The molecule has 6 rings (SSSR count). The number of aromatic amines is 1. The average molecular weight is 639 g/mol. The molecule has 1 amide bonds. The number of nitrogens with zero attached hydrogens (tertiary/aromatic N) is 1. The lowest BCUT2D eigenvalue weighted by molar-refractivity contribution is -0.118. The van der Waals surface area contributed by atoms with Crippen molar-refractivity contribution in [3.8, 4) is 11.5 Å². The molecule has 0 aliphatic carbocycles. The summed E-state index contributed by atoms with van der Waals surface area (Å²) in [4.78, 5) is 19.6. The minimum absolute atomic E-state index is 0.0176. The van der Waals surface area contributed by atoms with Gasteiger partial charge >= 0.3 is 0 Å². The van der Waals surface area contributed by atoms with Crippen LogP contribution in [0, 0.1) is 0 Å². The van der Waals surface area contributed by atoms with E-state index in [0.717, 1.165) is 5.56 Å². The maximum absolute atomic E-state index is 13.7. The van der Waals surface area contributed by atoms with E-state index in [4.69, 9.17) is 16.3 Å². The number of carbonyl (C=O) groups excluding carboxylic acids is 1. The van der Waals surface area contributed by atoms with Crippen LogP contribution < -0.4 is 14.2 Å². The van der Waals surface area contributed by atoms with Gasteiger partial charge in [-0.15, -0.1) is 10.8 Å². The fraction of sp³-hybridized carbons (Fsp3) is 0.133. The van der Waals surface area contributed by atoms with Gasteiger partial charge in [0.2, 0.25) is 15.9 Å². The van der Waals surface area contributed by atoms with Crippen molar-refractivity contribution in [2.75, 3.05) is 0 Å². The number of nitrogens with one attached hydrogen (secondary N) is 3. The van der Waals surface area contributed by atoms with Crippen molar-refractivity contribution in [3.05, 3.63) is 119 Å². The summed E-state index contributed by atoms with van der Waals surface area (Å²) in [5, 5.41) is -0.245. The molecule has 1 fully saturated rings. The van der Waals surface area contributed by atoms with Crippen LogP contribution in [0.3, 0.4) is 0 Å². The van der Waals surface area contributed by atoms with Gasteiger partial charge in [0, 0.05) is 11.1 Å². The number of imidazole rings is 1. The molecule has 43 heavy (non-hydrogen) atoms. The van der Waals surface area contributed by atoms with E-state index in [2.05, 4.69) is 19.4 Å². The van der Waals surface area contributed by atoms with E-state index in [1.807, 2.05) is 18.2 Å². The number of fused-ring (bicyclic) bond motifs is 1. The molecule has 1 saturated heterocycles. The third-order valence-corrected chi connectivity index (χ3v) is 10.5. The van der Waals surface area contributed by atoms with Crippen LogP contribution >= 0.6 is 22.4 Å². The summed E-state index contributed by atoms with van der Waals surface area (Å²) in [6.07, 6.45) is 0.185. The molecule has 0 saturated carbocycles. The molecule has 4 aromatic carbocycles. The third-order valence-electron chi connectivity index (χ3n) is 7.01. The van der Waals surface area contributed by atoms with Crippen molar-refractivity contribution in [3.63, 3.8) is 0 Å². The maximum atomic E-state index is 13.7. The van der Waals surface area contributed by atoms with Gasteiger partial charge in [0.15, 0.2) is 0 Å². The van der Waals surface area contributed by atoms with E-state index < -0.39 is 38.0 Å². The molecular weight excluding hydrogens is 612 g/mol. The van der Waals surface area contributed by atoms with E-state index >= 15 is 0 Å². The number of aromatic nitrogens is 2. The topological polar surface area (TPSA) is 154 Å². The Morgan fingerprint density at radius 1 is 0.977 bits per heavy atom. The summed E-state index contributed by atoms with van der Waals surface area (Å²) < 4.78 is 58.8. The van der Waals surface area contributed by atoms with Gasteiger partial charge in [0.25, 0.3) is 0 Å². The maximum Gasteiger partial charge on any atom is 0.241 e. The standard InChI is InChI=1S/C30H27ClN4O6S2/c31-21-13-14-25-26(16-21)33-30(32-25)27(15-19-9-11-20(12-10-19)28-18-29(36)35-43(28,39)40)34-42(37,38)24-8-4-7-23(17-24)41-22-5-2-1-3-6-22/h1-14,16-17,27-28,34,39-40H,15,18H2,(H,32,33)(H,35,36)/t27-,28?/m0/s1. The Balaban J connectivity index is 1.29. The van der Waals surface area contributed by atoms with Crippen LogP contribution in [0.1, 0.15) is 34.7 Å². The number of halogens is 1. The second-order valence-electron chi connectivity index (χ2n) is 10.1. The van der Waals surface area contributed by atoms with Crippen LogP contribution in [0.25, 0.3) is 11.0 Å². The van der Waals surface area contributed by atoms with E-state index in [1.165, 1.54) is 12.1 Å². The van der Waals surface area contributed by atoms with E-state index in [0.29, 0.717) is 38.9 Å². The summed E-state index contributed by atoms with van der Waals surface area (Å²) in [5.74, 6) is 0.907. The molecule has 1 aliphatic heterocycles. The number of ether oxygens (including phenoxy) is 1. The largest absolute Gasteiger partial charge is 0.457 e. The minimum Gasteiger partial charge on any atom is -0.457 e. The summed E-state index contributed by atoms with van der Waals surface area (Å²) >= 11 is 6.16. The number of hydrogen-bond donors (Lipinski definition) is 5. The number of para-hydroxylation sites is 1. The highest BCUT2D eigenvalue weighted by Crippen LogP contribution is 2.56. The van der Waals surface area contributed by atoms with Gasteiger partial charge in [-0.2, -0.15) is 0 Å². The zero-order valence-corrected chi connectivity index (χ0v) is 24.9. The fourth-order valence-corrected chi connectivity index (χ4v) is 7.81. The number of H-pyrrole nitrogens is 1. The molecule has 0 radical (unpaired) electrons. The molecule has 5 aromatic rings. The Morgan fingerprint density at radius 2 is 1.72 bits per heavy atom. The molecule has 1 unspecified atom stereocenters. The molecule has 0 bridgehead atoms. The van der Waals surface area contributed by atoms with Crippen LogP contribution in [0.15, 0.2) is 102 Å². The summed E-state index contributed by atoms with van der Waals surface area (Å²) in [6.45, 7) is 0. The van der Waals surface area contributed by atoms with E-state index in [1.54, 1.807) is 66.7 Å². The number of hydrogen-bond acceptors (Lipinski definition) is 7. The van der Waals surface area contributed by atoms with Crippen molar-refractivity contribution >= 4 is 49.3 Å². The first-order chi connectivity index (χ1) is 20.6. The van der Waals surface area contributed by atoms with Crippen molar-refractivity contribution in [2.24, 2.45) is 0 Å². The van der Waals surface area contributed by atoms with Gasteiger partial charge in [-0.3, -0.25) is 18.6 Å². The smallest absolute Gasteiger partial charge is 0.241 e. The number of rotatable bonds is 9. The Labute approximate surface area is 254 Å². The van der Waals surface area contributed by atoms with Crippen molar-refractivity contribution in [1.82, 2.24) is 19.4 Å². The highest BCUT2D eigenvalue weighted by Gasteiger charge is 2.38. The first-order valence-corrected chi connectivity index (χ1v) is 16.7. The van der Waals surface area contributed by atoms with E-state index in [-0.39, 0.29) is 17.7 Å². The van der Waals surface area contributed by atoms with Gasteiger partial charge in [-0.1, -0.05) is 60.1 Å². The third kappa shape index (κ3) is 6.54. The number of carbonyl (C=O) groups is 1. The van der Waals surface area contributed by atoms with E-state index in [9.17, 15) is 22.3 Å². The molecule has 1 aliphatic rings. The molecule has 222 valence electrons. The Bertz CT molecular complexity index is 1900. The van der Waals surface area contributed by atoms with Crippen molar-refractivity contribution in [2.45, 2.75) is 29.0 Å². The fourth-order valence-electron chi connectivity index (χ4n) is 4.92. The SMILES string of the molecule is O=C1CC(c2ccc(C[C@H](NS(=O)(=O)c3cccc(Oc4ccccc4)c3)c3nc4ccc(Cl)cc4[nH]3)cc2)S(O)(O)N1. The van der Waals surface area contributed by atoms with Gasteiger partial charge in [-0.25, -0.2) is 18.1 Å². The van der Waals surface area contributed by atoms with Crippen molar-refractivity contribution in [1.29, 1.82) is 0 Å². The number of amides is 1. The summed E-state index contributed by atoms with van der Waals surface area (Å²) in [7, 11) is -7.35. The lowest BCUT2D eigenvalue weighted by Crippen LogP contribution is -2.31. The Morgan fingerprint density at radius 3 is 2.44 bits per heavy atom. The van der Waals surface area contributed by atoms with Crippen LogP contribution in [0.4, 0.5) is 0 Å². The zero-order valence-electron chi connectivity index (χ0n) is 22.5. The highest BCUT2D eigenvalue weighted by atomic mass is 35.5. The second kappa shape index (κ2) is 11.6. The lowest BCUT2D eigenvalue weighted by atomic mass is 10.0. The van der Waals surface area contributed by atoms with Crippen LogP contribution in [0.5, 0.6) is 11.5 Å². The van der Waals surface area contributed by atoms with Gasteiger partial charge in [0.1, 0.15) is 22.6 Å². The predicted octanol–water partition coefficient (Wildman–Crippen LogP) is 6.50. The monoisotopic (exact) mass is 638 g/mol. The first kappa shape index (κ1) is 29.2. The second-order valence-corrected chi connectivity index (χ2v) is 14.2. The molecular formula is C30H27ClN4O6S2. The van der Waals surface area contributed by atoms with Crippen LogP contribution in [-0.2, 0) is 21.2 Å². The number of sulfonamides is 1. The summed E-state index contributed by atoms with van der Waals surface area (Å²) in [6, 6.07) is 26.6. The van der Waals surface area contributed by atoms with Crippen LogP contribution in [-0.4, -0.2) is 33.4 Å². The van der Waals surface area contributed by atoms with Gasteiger partial charge in [0.05, 0.1) is 28.4 Å². The lowest BCUT2D eigenvalue weighted by Gasteiger charge is -2.32. The molecule has 5 N–H and O–H groups in total. The number of benzene rings is 4. The Kier molecular flexibility index (Phi) is 7.90. The van der Waals surface area contributed by atoms with Gasteiger partial charge < -0.3 is 9.72 Å². The normalized spacial score (nSPS) is 17.8. The Hall–Kier alpha value is -3.91. The van der Waals surface area contributed by atoms with Gasteiger partial charge in [-0.05, 0) is 60.0 Å². The molecule has 1 aromatic heterocycles. The van der Waals surface area contributed by atoms with Crippen molar-refractivity contribution < 1.29 is 27.1 Å². The minimum atomic E-state index is -4.06. The molecule has 2 heterocycles. The molecule has 0 spiro atoms. The first-order valence-electron chi connectivity index (χ1n) is 13.2. The molecule has 2 atom stereocenters. The average Bonchev–Trinajstić information content (AvgIpc) is 3.52. The predicted molar refractivity (Wildman–Crippen MR) is 166 cm³/mol. The van der Waals surface area contributed by atoms with Crippen LogP contribution in [0.2, 0.25) is 5.02 Å². The quantitative estimate of drug-likeness (QED) is 0.123. The molecule has 10 nitrogen and oxygen atoms in total. The summed E-state index contributed by atoms with van der Waals surface area (Å²) in [5.41, 5.74) is 2.63. The highest BCUT2D eigenvalue weighted by molar-refractivity contribution is 8.23.